The largest absolute Gasteiger partial charge is 0.416 e. The maximum absolute atomic E-state index is 13.8. The molecule has 198 valence electrons. The number of aromatic nitrogens is 2. The molecule has 4 rings (SSSR count). The van der Waals surface area contributed by atoms with Gasteiger partial charge in [-0.05, 0) is 48.4 Å². The van der Waals surface area contributed by atoms with Crippen molar-refractivity contribution in [3.8, 4) is 12.3 Å². The zero-order chi connectivity index (χ0) is 27.1. The van der Waals surface area contributed by atoms with Gasteiger partial charge < -0.3 is 15.5 Å². The zero-order valence-electron chi connectivity index (χ0n) is 21.1. The molecule has 0 unspecified atom stereocenters. The summed E-state index contributed by atoms with van der Waals surface area (Å²) in [5, 5.41) is 5.67. The molecule has 0 radical (unpaired) electrons. The molecule has 1 aliphatic heterocycles. The van der Waals surface area contributed by atoms with Crippen molar-refractivity contribution in [2.75, 3.05) is 49.5 Å². The van der Waals surface area contributed by atoms with Crippen LogP contribution in [0.3, 0.4) is 0 Å². The monoisotopic (exact) mass is 522 g/mol. The van der Waals surface area contributed by atoms with E-state index < -0.39 is 17.6 Å². The van der Waals surface area contributed by atoms with E-state index in [-0.39, 0.29) is 23.4 Å². The quantitative estimate of drug-likeness (QED) is 0.345. The lowest BCUT2D eigenvalue weighted by Gasteiger charge is -2.35. The van der Waals surface area contributed by atoms with E-state index in [1.165, 1.54) is 18.5 Å². The molecule has 7 nitrogen and oxygen atoms in total. The van der Waals surface area contributed by atoms with Crippen molar-refractivity contribution in [1.82, 2.24) is 20.2 Å². The summed E-state index contributed by atoms with van der Waals surface area (Å²) in [6.07, 6.45) is 4.14. The summed E-state index contributed by atoms with van der Waals surface area (Å²) in [5.41, 5.74) is 1.08. The molecule has 0 bridgehead atoms. The van der Waals surface area contributed by atoms with Gasteiger partial charge in [-0.25, -0.2) is 9.97 Å². The highest BCUT2D eigenvalue weighted by molar-refractivity contribution is 6.04. The Morgan fingerprint density at radius 3 is 2.58 bits per heavy atom. The van der Waals surface area contributed by atoms with E-state index in [0.717, 1.165) is 50.2 Å². The second-order valence-corrected chi connectivity index (χ2v) is 9.07. The van der Waals surface area contributed by atoms with Crippen molar-refractivity contribution < 1.29 is 18.0 Å². The lowest BCUT2D eigenvalue weighted by Crippen LogP contribution is -2.48. The normalized spacial score (nSPS) is 14.2. The molecule has 38 heavy (non-hydrogen) atoms. The maximum Gasteiger partial charge on any atom is 0.416 e. The highest BCUT2D eigenvalue weighted by Crippen LogP contribution is 2.34. The van der Waals surface area contributed by atoms with E-state index >= 15 is 0 Å². The lowest BCUT2D eigenvalue weighted by molar-refractivity contribution is -0.138. The van der Waals surface area contributed by atoms with E-state index in [1.807, 2.05) is 13.0 Å². The van der Waals surface area contributed by atoms with Crippen LogP contribution in [0.5, 0.6) is 0 Å². The third-order valence-electron chi connectivity index (χ3n) is 6.51. The standard InChI is InChI=1S/C28H29F3N6O/c1-3-21-16-22(5-4-20(21)2)27(38)35-24-7-6-23(25(17-24)28(29,30)31)18-32-10-11-36-12-14-37(15-13-36)26-8-9-33-19-34-26/h1,4-9,16-17,19,32H,10-15,18H2,2H3,(H,35,38). The van der Waals surface area contributed by atoms with Crippen LogP contribution < -0.4 is 15.5 Å². The molecule has 1 saturated heterocycles. The first kappa shape index (κ1) is 27.1. The number of rotatable bonds is 8. The molecule has 1 amide bonds. The average Bonchev–Trinajstić information content (AvgIpc) is 2.92. The number of nitrogens with one attached hydrogen (secondary N) is 2. The SMILES string of the molecule is C#Cc1cc(C(=O)Nc2ccc(CNCCN3CCN(c4ccncn4)CC3)c(C(F)(F)F)c2)ccc1C. The molecule has 2 aromatic carbocycles. The molecule has 0 aliphatic carbocycles. The Hall–Kier alpha value is -3.94. The van der Waals surface area contributed by atoms with Gasteiger partial charge in [-0.15, -0.1) is 6.42 Å². The molecule has 1 fully saturated rings. The van der Waals surface area contributed by atoms with Crippen LogP contribution in [0.4, 0.5) is 24.7 Å². The predicted octanol–water partition coefficient (Wildman–Crippen LogP) is 3.95. The van der Waals surface area contributed by atoms with Crippen molar-refractivity contribution in [2.45, 2.75) is 19.6 Å². The van der Waals surface area contributed by atoms with Crippen molar-refractivity contribution in [1.29, 1.82) is 0 Å². The number of terminal acetylenes is 1. The molecule has 3 aromatic rings. The molecule has 0 atom stereocenters. The van der Waals surface area contributed by atoms with Crippen LogP contribution in [0.2, 0.25) is 0 Å². The second-order valence-electron chi connectivity index (χ2n) is 9.07. The number of anilines is 2. The Morgan fingerprint density at radius 1 is 1.11 bits per heavy atom. The van der Waals surface area contributed by atoms with Gasteiger partial charge in [0.1, 0.15) is 12.1 Å². The van der Waals surface area contributed by atoms with E-state index in [0.29, 0.717) is 12.1 Å². The number of benzene rings is 2. The number of carbonyl (C=O) groups excluding carboxylic acids is 1. The third kappa shape index (κ3) is 6.88. The number of hydrogen-bond donors (Lipinski definition) is 2. The third-order valence-corrected chi connectivity index (χ3v) is 6.51. The number of nitrogens with zero attached hydrogens (tertiary/aromatic N) is 4. The van der Waals surface area contributed by atoms with Crippen LogP contribution in [-0.2, 0) is 12.7 Å². The van der Waals surface area contributed by atoms with Gasteiger partial charge in [0.05, 0.1) is 5.56 Å². The number of alkyl halides is 3. The Labute approximate surface area is 220 Å². The number of halogens is 3. The summed E-state index contributed by atoms with van der Waals surface area (Å²) < 4.78 is 41.5. The molecular weight excluding hydrogens is 493 g/mol. The van der Waals surface area contributed by atoms with Crippen LogP contribution in [0.25, 0.3) is 0 Å². The van der Waals surface area contributed by atoms with Crippen LogP contribution in [-0.4, -0.2) is 60.0 Å². The van der Waals surface area contributed by atoms with Crippen molar-refractivity contribution in [3.63, 3.8) is 0 Å². The van der Waals surface area contributed by atoms with Gasteiger partial charge in [0, 0.05) is 68.8 Å². The Kier molecular flexibility index (Phi) is 8.61. The highest BCUT2D eigenvalue weighted by atomic mass is 19.4. The molecule has 1 aromatic heterocycles. The van der Waals surface area contributed by atoms with Gasteiger partial charge in [0.2, 0.25) is 0 Å². The molecule has 10 heteroatoms. The number of hydrogen-bond acceptors (Lipinski definition) is 6. The van der Waals surface area contributed by atoms with Crippen molar-refractivity contribution in [3.05, 3.63) is 82.8 Å². The number of aryl methyl sites for hydroxylation is 1. The topological polar surface area (TPSA) is 73.4 Å². The second kappa shape index (κ2) is 12.1. The highest BCUT2D eigenvalue weighted by Gasteiger charge is 2.33. The molecular formula is C28H29F3N6O. The zero-order valence-corrected chi connectivity index (χ0v) is 21.1. The summed E-state index contributed by atoms with van der Waals surface area (Å²) in [6.45, 7) is 6.51. The minimum Gasteiger partial charge on any atom is -0.354 e. The lowest BCUT2D eigenvalue weighted by atomic mass is 10.0. The van der Waals surface area contributed by atoms with Gasteiger partial charge in [-0.3, -0.25) is 9.69 Å². The van der Waals surface area contributed by atoms with Crippen LogP contribution in [0, 0.1) is 19.3 Å². The van der Waals surface area contributed by atoms with Gasteiger partial charge >= 0.3 is 6.18 Å². The number of carbonyl (C=O) groups is 1. The Morgan fingerprint density at radius 2 is 1.89 bits per heavy atom. The molecule has 2 heterocycles. The summed E-state index contributed by atoms with van der Waals surface area (Å²) in [6, 6.07) is 10.6. The van der Waals surface area contributed by atoms with Gasteiger partial charge in [0.15, 0.2) is 0 Å². The first-order valence-electron chi connectivity index (χ1n) is 12.3. The van der Waals surface area contributed by atoms with Gasteiger partial charge in [0.25, 0.3) is 5.91 Å². The fourth-order valence-corrected chi connectivity index (χ4v) is 4.33. The van der Waals surface area contributed by atoms with E-state index in [9.17, 15) is 18.0 Å². The molecule has 1 aliphatic rings. The Bertz CT molecular complexity index is 1300. The molecule has 0 spiro atoms. The predicted molar refractivity (Wildman–Crippen MR) is 141 cm³/mol. The summed E-state index contributed by atoms with van der Waals surface area (Å²) in [5.74, 6) is 2.87. The first-order chi connectivity index (χ1) is 18.2. The van der Waals surface area contributed by atoms with Crippen molar-refractivity contribution in [2.24, 2.45) is 0 Å². The van der Waals surface area contributed by atoms with Gasteiger partial charge in [-0.1, -0.05) is 18.1 Å². The summed E-state index contributed by atoms with van der Waals surface area (Å²) in [4.78, 5) is 25.3. The van der Waals surface area contributed by atoms with Crippen LogP contribution in [0.15, 0.2) is 55.0 Å². The minimum absolute atomic E-state index is 0.0630. The smallest absolute Gasteiger partial charge is 0.354 e. The average molecular weight is 523 g/mol. The van der Waals surface area contributed by atoms with Crippen molar-refractivity contribution >= 4 is 17.4 Å². The van der Waals surface area contributed by atoms with Crippen LogP contribution in [0.1, 0.15) is 32.6 Å². The summed E-state index contributed by atoms with van der Waals surface area (Å²) in [7, 11) is 0. The Balaban J connectivity index is 1.31. The maximum atomic E-state index is 13.8. The minimum atomic E-state index is -4.56. The van der Waals surface area contributed by atoms with Gasteiger partial charge in [-0.2, -0.15) is 13.2 Å². The number of amides is 1. The summed E-state index contributed by atoms with van der Waals surface area (Å²) >= 11 is 0. The fourth-order valence-electron chi connectivity index (χ4n) is 4.33. The van der Waals surface area contributed by atoms with E-state index in [2.05, 4.69) is 36.3 Å². The van der Waals surface area contributed by atoms with E-state index in [1.54, 1.807) is 24.4 Å². The number of piperazine rings is 1. The molecule has 0 saturated carbocycles. The first-order valence-corrected chi connectivity index (χ1v) is 12.3. The van der Waals surface area contributed by atoms with Crippen LogP contribution >= 0.6 is 0 Å². The van der Waals surface area contributed by atoms with E-state index in [4.69, 9.17) is 6.42 Å². The fraction of sp³-hybridized carbons (Fsp3) is 0.321. The molecule has 2 N–H and O–H groups in total.